The lowest BCUT2D eigenvalue weighted by atomic mass is 10.1. The van der Waals surface area contributed by atoms with Crippen LogP contribution in [0, 0.1) is 0 Å². The molecule has 5 nitrogen and oxygen atoms in total. The van der Waals surface area contributed by atoms with Crippen LogP contribution in [0.15, 0.2) is 35.7 Å². The van der Waals surface area contributed by atoms with Gasteiger partial charge in [-0.15, -0.1) is 11.3 Å². The predicted octanol–water partition coefficient (Wildman–Crippen LogP) is 3.03. The number of nitrogens with zero attached hydrogens (tertiary/aromatic N) is 1. The van der Waals surface area contributed by atoms with E-state index in [2.05, 4.69) is 0 Å². The number of amides is 1. The molecule has 130 valence electrons. The standard InChI is InChI=1S/C18H24N2O3S/c1-4-20(18(21)13(2)19)11-14-7-8-16(17(10-14)22-3)23-12-15-6-5-9-24-15/h5-10,13H,4,11-12,19H2,1-3H3. The highest BCUT2D eigenvalue weighted by Gasteiger charge is 2.17. The van der Waals surface area contributed by atoms with E-state index < -0.39 is 6.04 Å². The number of carbonyl (C=O) groups is 1. The van der Waals surface area contributed by atoms with Crippen LogP contribution in [0.2, 0.25) is 0 Å². The van der Waals surface area contributed by atoms with E-state index in [1.165, 1.54) is 0 Å². The van der Waals surface area contributed by atoms with Gasteiger partial charge in [-0.05, 0) is 43.0 Å². The molecule has 24 heavy (non-hydrogen) atoms. The topological polar surface area (TPSA) is 64.8 Å². The highest BCUT2D eigenvalue weighted by atomic mass is 32.1. The highest BCUT2D eigenvalue weighted by molar-refractivity contribution is 7.09. The lowest BCUT2D eigenvalue weighted by molar-refractivity contribution is -0.132. The van der Waals surface area contributed by atoms with Crippen LogP contribution in [-0.2, 0) is 17.9 Å². The minimum absolute atomic E-state index is 0.0607. The first-order valence-electron chi connectivity index (χ1n) is 7.91. The summed E-state index contributed by atoms with van der Waals surface area (Å²) in [5, 5.41) is 2.02. The Morgan fingerprint density at radius 2 is 2.12 bits per heavy atom. The van der Waals surface area contributed by atoms with Crippen molar-refractivity contribution in [2.45, 2.75) is 33.0 Å². The highest BCUT2D eigenvalue weighted by Crippen LogP contribution is 2.29. The summed E-state index contributed by atoms with van der Waals surface area (Å²) in [6.07, 6.45) is 0. The van der Waals surface area contributed by atoms with Crippen LogP contribution < -0.4 is 15.2 Å². The fourth-order valence-corrected chi connectivity index (χ4v) is 2.94. The molecule has 0 bridgehead atoms. The smallest absolute Gasteiger partial charge is 0.239 e. The maximum Gasteiger partial charge on any atom is 0.239 e. The molecule has 1 aromatic heterocycles. The van der Waals surface area contributed by atoms with Crippen molar-refractivity contribution >= 4 is 17.2 Å². The van der Waals surface area contributed by atoms with Crippen molar-refractivity contribution < 1.29 is 14.3 Å². The van der Waals surface area contributed by atoms with E-state index in [4.69, 9.17) is 15.2 Å². The first-order chi connectivity index (χ1) is 11.5. The number of benzene rings is 1. The number of carbonyl (C=O) groups excluding carboxylic acids is 1. The Morgan fingerprint density at radius 3 is 2.71 bits per heavy atom. The van der Waals surface area contributed by atoms with E-state index in [-0.39, 0.29) is 5.91 Å². The summed E-state index contributed by atoms with van der Waals surface area (Å²) in [5.74, 6) is 1.29. The monoisotopic (exact) mass is 348 g/mol. The second kappa shape index (κ2) is 8.70. The molecule has 0 fully saturated rings. The second-order valence-corrected chi connectivity index (χ2v) is 6.53. The molecule has 6 heteroatoms. The van der Waals surface area contributed by atoms with Gasteiger partial charge in [0.05, 0.1) is 13.2 Å². The Labute approximate surface area is 147 Å². The van der Waals surface area contributed by atoms with Crippen LogP contribution in [0.1, 0.15) is 24.3 Å². The molecule has 0 spiro atoms. The van der Waals surface area contributed by atoms with Gasteiger partial charge in [-0.25, -0.2) is 0 Å². The van der Waals surface area contributed by atoms with E-state index in [0.717, 1.165) is 10.4 Å². The Hall–Kier alpha value is -2.05. The van der Waals surface area contributed by atoms with Gasteiger partial charge in [0.2, 0.25) is 5.91 Å². The summed E-state index contributed by atoms with van der Waals surface area (Å²) >= 11 is 1.65. The zero-order valence-electron chi connectivity index (χ0n) is 14.3. The fourth-order valence-electron chi connectivity index (χ4n) is 2.33. The number of likely N-dealkylation sites (N-methyl/N-ethyl adjacent to an activating group) is 1. The van der Waals surface area contributed by atoms with Crippen molar-refractivity contribution in [3.63, 3.8) is 0 Å². The van der Waals surface area contributed by atoms with Gasteiger partial charge in [0.1, 0.15) is 6.61 Å². The third-order valence-electron chi connectivity index (χ3n) is 3.63. The van der Waals surface area contributed by atoms with E-state index in [9.17, 15) is 4.79 Å². The molecular formula is C18H24N2O3S. The Balaban J connectivity index is 2.08. The van der Waals surface area contributed by atoms with Crippen molar-refractivity contribution in [1.82, 2.24) is 4.90 Å². The number of hydrogen-bond donors (Lipinski definition) is 1. The van der Waals surface area contributed by atoms with Gasteiger partial charge in [0.15, 0.2) is 11.5 Å². The molecule has 1 aromatic carbocycles. The predicted molar refractivity (Wildman–Crippen MR) is 96.4 cm³/mol. The summed E-state index contributed by atoms with van der Waals surface area (Å²) in [5.41, 5.74) is 6.68. The number of rotatable bonds is 8. The molecule has 0 saturated carbocycles. The number of thiophene rings is 1. The quantitative estimate of drug-likeness (QED) is 0.796. The van der Waals surface area contributed by atoms with E-state index >= 15 is 0 Å². The van der Waals surface area contributed by atoms with Crippen LogP contribution in [0.5, 0.6) is 11.5 Å². The van der Waals surface area contributed by atoms with Gasteiger partial charge >= 0.3 is 0 Å². The van der Waals surface area contributed by atoms with Gasteiger partial charge in [0.25, 0.3) is 0 Å². The van der Waals surface area contributed by atoms with E-state index in [1.807, 2.05) is 42.6 Å². The lowest BCUT2D eigenvalue weighted by Crippen LogP contribution is -2.41. The average Bonchev–Trinajstić information content (AvgIpc) is 3.11. The van der Waals surface area contributed by atoms with Gasteiger partial charge < -0.3 is 20.1 Å². The summed E-state index contributed by atoms with van der Waals surface area (Å²) in [7, 11) is 1.61. The molecule has 2 N–H and O–H groups in total. The Kier molecular flexibility index (Phi) is 6.63. The number of hydrogen-bond acceptors (Lipinski definition) is 5. The average molecular weight is 348 g/mol. The fraction of sp³-hybridized carbons (Fsp3) is 0.389. The van der Waals surface area contributed by atoms with Crippen LogP contribution in [0.25, 0.3) is 0 Å². The molecular weight excluding hydrogens is 324 g/mol. The molecule has 2 aromatic rings. The summed E-state index contributed by atoms with van der Waals surface area (Å²) in [6.45, 7) is 5.26. The Morgan fingerprint density at radius 1 is 1.33 bits per heavy atom. The maximum atomic E-state index is 12.1. The summed E-state index contributed by atoms with van der Waals surface area (Å²) in [4.78, 5) is 15.0. The number of methoxy groups -OCH3 is 1. The molecule has 0 aliphatic heterocycles. The molecule has 0 aliphatic carbocycles. The molecule has 0 radical (unpaired) electrons. The summed E-state index contributed by atoms with van der Waals surface area (Å²) in [6, 6.07) is 9.26. The van der Waals surface area contributed by atoms with E-state index in [0.29, 0.717) is 31.2 Å². The molecule has 0 aliphatic rings. The van der Waals surface area contributed by atoms with Crippen LogP contribution >= 0.6 is 11.3 Å². The lowest BCUT2D eigenvalue weighted by Gasteiger charge is -2.23. The Bertz CT molecular complexity index is 656. The van der Waals surface area contributed by atoms with Gasteiger partial charge in [-0.1, -0.05) is 12.1 Å². The van der Waals surface area contributed by atoms with Crippen LogP contribution in [-0.4, -0.2) is 30.5 Å². The van der Waals surface area contributed by atoms with Gasteiger partial charge in [-0.2, -0.15) is 0 Å². The zero-order chi connectivity index (χ0) is 17.5. The molecule has 2 rings (SSSR count). The van der Waals surface area contributed by atoms with Crippen molar-refractivity contribution in [3.05, 3.63) is 46.2 Å². The van der Waals surface area contributed by atoms with Crippen LogP contribution in [0.4, 0.5) is 0 Å². The molecule has 1 heterocycles. The van der Waals surface area contributed by atoms with E-state index in [1.54, 1.807) is 30.3 Å². The molecule has 0 saturated heterocycles. The van der Waals surface area contributed by atoms with Crippen molar-refractivity contribution in [3.8, 4) is 11.5 Å². The summed E-state index contributed by atoms with van der Waals surface area (Å²) < 4.78 is 11.3. The van der Waals surface area contributed by atoms with Gasteiger partial charge in [0, 0.05) is 18.0 Å². The number of ether oxygens (including phenoxy) is 2. The normalized spacial score (nSPS) is 11.8. The zero-order valence-corrected chi connectivity index (χ0v) is 15.1. The van der Waals surface area contributed by atoms with Crippen molar-refractivity contribution in [2.75, 3.05) is 13.7 Å². The first kappa shape index (κ1) is 18.3. The minimum atomic E-state index is -0.500. The largest absolute Gasteiger partial charge is 0.493 e. The van der Waals surface area contributed by atoms with Crippen LogP contribution in [0.3, 0.4) is 0 Å². The third-order valence-corrected chi connectivity index (χ3v) is 4.48. The third kappa shape index (κ3) is 4.72. The maximum absolute atomic E-state index is 12.1. The first-order valence-corrected chi connectivity index (χ1v) is 8.79. The van der Waals surface area contributed by atoms with Crippen molar-refractivity contribution in [1.29, 1.82) is 0 Å². The van der Waals surface area contributed by atoms with Gasteiger partial charge in [-0.3, -0.25) is 4.79 Å². The second-order valence-electron chi connectivity index (χ2n) is 5.49. The minimum Gasteiger partial charge on any atom is -0.493 e. The van der Waals surface area contributed by atoms with Crippen molar-refractivity contribution in [2.24, 2.45) is 5.73 Å². The molecule has 1 unspecified atom stereocenters. The molecule has 1 amide bonds. The number of nitrogens with two attached hydrogens (primary N) is 1. The SMILES string of the molecule is CCN(Cc1ccc(OCc2cccs2)c(OC)c1)C(=O)C(C)N. The molecule has 1 atom stereocenters.